The Hall–Kier alpha value is -1.36. The molecule has 0 aliphatic carbocycles. The zero-order chi connectivity index (χ0) is 13.3. The molecular weight excluding hydrogens is 248 g/mol. The van der Waals surface area contributed by atoms with E-state index < -0.39 is 5.97 Å². The summed E-state index contributed by atoms with van der Waals surface area (Å²) < 4.78 is 1.96. The van der Waals surface area contributed by atoms with Gasteiger partial charge < -0.3 is 5.11 Å². The van der Waals surface area contributed by atoms with E-state index in [1.54, 1.807) is 6.07 Å². The molecule has 0 bridgehead atoms. The maximum atomic E-state index is 11.1. The number of hydrogen-bond donors (Lipinski definition) is 1. The molecule has 0 saturated heterocycles. The van der Waals surface area contributed by atoms with Crippen LogP contribution in [-0.4, -0.2) is 20.9 Å². The fraction of sp³-hybridized carbons (Fsp3) is 0.538. The first-order valence-electron chi connectivity index (χ1n) is 6.25. The molecule has 2 heterocycles. The third-order valence-electron chi connectivity index (χ3n) is 2.73. The van der Waals surface area contributed by atoms with E-state index in [0.29, 0.717) is 10.8 Å². The molecule has 0 atom stereocenters. The van der Waals surface area contributed by atoms with E-state index in [1.807, 2.05) is 4.68 Å². The molecule has 98 valence electrons. The zero-order valence-electron chi connectivity index (χ0n) is 10.9. The van der Waals surface area contributed by atoms with Crippen molar-refractivity contribution in [2.45, 2.75) is 40.2 Å². The second kappa shape index (κ2) is 5.10. The Bertz CT molecular complexity index is 569. The molecule has 1 N–H and O–H groups in total. The zero-order valence-corrected chi connectivity index (χ0v) is 11.8. The van der Waals surface area contributed by atoms with Gasteiger partial charge in [-0.1, -0.05) is 27.2 Å². The fourth-order valence-corrected chi connectivity index (χ4v) is 3.00. The van der Waals surface area contributed by atoms with E-state index in [2.05, 4.69) is 25.9 Å². The third kappa shape index (κ3) is 2.41. The number of aromatic nitrogens is 2. The van der Waals surface area contributed by atoms with Crippen molar-refractivity contribution >= 4 is 27.5 Å². The van der Waals surface area contributed by atoms with Crippen LogP contribution in [0, 0.1) is 5.92 Å². The van der Waals surface area contributed by atoms with Crippen LogP contribution in [0.4, 0.5) is 0 Å². The SMILES string of the molecule is CCCc1nn(CC(C)C)c2sc(C(=O)O)cc12. The van der Waals surface area contributed by atoms with Gasteiger partial charge in [-0.05, 0) is 18.4 Å². The monoisotopic (exact) mass is 266 g/mol. The second-order valence-corrected chi connectivity index (χ2v) is 5.94. The number of carboxylic acid groups (broad SMARTS) is 1. The molecule has 0 fully saturated rings. The van der Waals surface area contributed by atoms with Crippen LogP contribution in [0.25, 0.3) is 10.2 Å². The van der Waals surface area contributed by atoms with Crippen LogP contribution in [0.2, 0.25) is 0 Å². The van der Waals surface area contributed by atoms with E-state index in [1.165, 1.54) is 11.3 Å². The maximum Gasteiger partial charge on any atom is 0.345 e. The first-order valence-corrected chi connectivity index (χ1v) is 7.07. The van der Waals surface area contributed by atoms with Crippen LogP contribution < -0.4 is 0 Å². The molecule has 18 heavy (non-hydrogen) atoms. The Kier molecular flexibility index (Phi) is 3.71. The van der Waals surface area contributed by atoms with Crippen LogP contribution in [0.1, 0.15) is 42.6 Å². The van der Waals surface area contributed by atoms with Crippen LogP contribution in [0.3, 0.4) is 0 Å². The van der Waals surface area contributed by atoms with Crippen LogP contribution in [-0.2, 0) is 13.0 Å². The van der Waals surface area contributed by atoms with Gasteiger partial charge in [0.05, 0.1) is 5.69 Å². The highest BCUT2D eigenvalue weighted by Crippen LogP contribution is 2.29. The molecule has 0 spiro atoms. The van der Waals surface area contributed by atoms with E-state index >= 15 is 0 Å². The molecule has 2 aromatic heterocycles. The highest BCUT2D eigenvalue weighted by molar-refractivity contribution is 7.20. The number of nitrogens with zero attached hydrogens (tertiary/aromatic N) is 2. The van der Waals surface area contributed by atoms with Gasteiger partial charge in [0.15, 0.2) is 0 Å². The first kappa shape index (κ1) is 13.1. The molecule has 5 heteroatoms. The van der Waals surface area contributed by atoms with Gasteiger partial charge in [-0.25, -0.2) is 4.79 Å². The molecule has 2 aromatic rings. The summed E-state index contributed by atoms with van der Waals surface area (Å²) in [5.41, 5.74) is 1.02. The van der Waals surface area contributed by atoms with Crippen LogP contribution >= 0.6 is 11.3 Å². The summed E-state index contributed by atoms with van der Waals surface area (Å²) >= 11 is 1.32. The third-order valence-corrected chi connectivity index (χ3v) is 3.87. The van der Waals surface area contributed by atoms with Gasteiger partial charge in [0, 0.05) is 11.9 Å². The fourth-order valence-electron chi connectivity index (χ4n) is 2.02. The van der Waals surface area contributed by atoms with Gasteiger partial charge in [0.25, 0.3) is 0 Å². The molecule has 0 saturated carbocycles. The van der Waals surface area contributed by atoms with Crippen molar-refractivity contribution in [3.8, 4) is 0 Å². The average Bonchev–Trinajstić information content (AvgIpc) is 2.81. The topological polar surface area (TPSA) is 55.1 Å². The van der Waals surface area contributed by atoms with E-state index in [9.17, 15) is 4.79 Å². The largest absolute Gasteiger partial charge is 0.477 e. The number of carboxylic acids is 1. The minimum absolute atomic E-state index is 0.400. The van der Waals surface area contributed by atoms with Crippen LogP contribution in [0.5, 0.6) is 0 Å². The lowest BCUT2D eigenvalue weighted by molar-refractivity contribution is 0.0702. The lowest BCUT2D eigenvalue weighted by Crippen LogP contribution is -2.06. The van der Waals surface area contributed by atoms with Crippen molar-refractivity contribution in [3.63, 3.8) is 0 Å². The van der Waals surface area contributed by atoms with Crippen LogP contribution in [0.15, 0.2) is 6.07 Å². The molecule has 4 nitrogen and oxygen atoms in total. The van der Waals surface area contributed by atoms with Gasteiger partial charge in [-0.15, -0.1) is 11.3 Å². The number of carbonyl (C=O) groups is 1. The van der Waals surface area contributed by atoms with Crippen molar-refractivity contribution in [2.24, 2.45) is 5.92 Å². The van der Waals surface area contributed by atoms with Gasteiger partial charge >= 0.3 is 5.97 Å². The average molecular weight is 266 g/mol. The highest BCUT2D eigenvalue weighted by Gasteiger charge is 2.17. The summed E-state index contributed by atoms with van der Waals surface area (Å²) in [7, 11) is 0. The Morgan fingerprint density at radius 3 is 2.83 bits per heavy atom. The molecule has 0 amide bonds. The molecule has 2 rings (SSSR count). The predicted molar refractivity (Wildman–Crippen MR) is 73.4 cm³/mol. The number of aryl methyl sites for hydroxylation is 1. The van der Waals surface area contributed by atoms with Gasteiger partial charge in [0.2, 0.25) is 0 Å². The summed E-state index contributed by atoms with van der Waals surface area (Å²) in [6.45, 7) is 7.22. The molecule has 0 aliphatic rings. The van der Waals surface area contributed by atoms with Crippen molar-refractivity contribution in [1.82, 2.24) is 9.78 Å². The smallest absolute Gasteiger partial charge is 0.345 e. The van der Waals surface area contributed by atoms with Gasteiger partial charge in [0.1, 0.15) is 9.71 Å². The Balaban J connectivity index is 2.52. The summed E-state index contributed by atoms with van der Waals surface area (Å²) in [5, 5.41) is 14.7. The number of rotatable bonds is 5. The number of fused-ring (bicyclic) bond motifs is 1. The van der Waals surface area contributed by atoms with E-state index in [4.69, 9.17) is 5.11 Å². The summed E-state index contributed by atoms with van der Waals surface area (Å²) in [5.74, 6) is -0.354. The summed E-state index contributed by atoms with van der Waals surface area (Å²) in [6, 6.07) is 1.76. The summed E-state index contributed by atoms with van der Waals surface area (Å²) in [6.07, 6.45) is 1.92. The standard InChI is InChI=1S/C13H18N2O2S/c1-4-5-10-9-6-11(13(16)17)18-12(9)15(14-10)7-8(2)3/h6,8H,4-5,7H2,1-3H3,(H,16,17). The highest BCUT2D eigenvalue weighted by atomic mass is 32.1. The minimum atomic E-state index is -0.852. The van der Waals surface area contributed by atoms with E-state index in [0.717, 1.165) is 35.3 Å². The molecule has 0 radical (unpaired) electrons. The van der Waals surface area contributed by atoms with Crippen molar-refractivity contribution in [3.05, 3.63) is 16.6 Å². The lowest BCUT2D eigenvalue weighted by Gasteiger charge is -2.04. The van der Waals surface area contributed by atoms with E-state index in [-0.39, 0.29) is 0 Å². The first-order chi connectivity index (χ1) is 8.52. The maximum absolute atomic E-state index is 11.1. The Morgan fingerprint density at radius 2 is 2.28 bits per heavy atom. The lowest BCUT2D eigenvalue weighted by atomic mass is 10.2. The predicted octanol–water partition coefficient (Wildman–Crippen LogP) is 3.40. The Morgan fingerprint density at radius 1 is 1.56 bits per heavy atom. The van der Waals surface area contributed by atoms with Crippen molar-refractivity contribution < 1.29 is 9.90 Å². The number of aromatic carboxylic acids is 1. The number of thiophene rings is 1. The van der Waals surface area contributed by atoms with Gasteiger partial charge in [-0.2, -0.15) is 5.10 Å². The molecule has 0 aliphatic heterocycles. The molecule has 0 aromatic carbocycles. The molecule has 0 unspecified atom stereocenters. The summed E-state index contributed by atoms with van der Waals surface area (Å²) in [4.78, 5) is 12.4. The minimum Gasteiger partial charge on any atom is -0.477 e. The quantitative estimate of drug-likeness (QED) is 0.902. The number of hydrogen-bond acceptors (Lipinski definition) is 3. The normalized spacial score (nSPS) is 11.6. The van der Waals surface area contributed by atoms with Crippen molar-refractivity contribution in [2.75, 3.05) is 0 Å². The molecular formula is C13H18N2O2S. The van der Waals surface area contributed by atoms with Gasteiger partial charge in [-0.3, -0.25) is 4.68 Å². The second-order valence-electron chi connectivity index (χ2n) is 4.91. The van der Waals surface area contributed by atoms with Crippen molar-refractivity contribution in [1.29, 1.82) is 0 Å². The Labute approximate surface area is 110 Å².